The molecule has 8 nitrogen and oxygen atoms in total. The maximum atomic E-state index is 16.1. The second-order valence-electron chi connectivity index (χ2n) is 7.25. The predicted octanol–water partition coefficient (Wildman–Crippen LogP) is 3.75. The molecule has 0 saturated heterocycles. The van der Waals surface area contributed by atoms with Crippen LogP contribution in [0.25, 0.3) is 11.3 Å². The van der Waals surface area contributed by atoms with Gasteiger partial charge < -0.3 is 9.47 Å². The molecule has 2 aromatic carbocycles. The molecular formula is C22H18F4N6O2. The van der Waals surface area contributed by atoms with Crippen LogP contribution in [0, 0.1) is 11.6 Å². The van der Waals surface area contributed by atoms with E-state index in [1.165, 1.54) is 13.3 Å². The largest absolute Gasteiger partial charge is 0.497 e. The normalized spacial score (nSPS) is 13.5. The van der Waals surface area contributed by atoms with E-state index in [4.69, 9.17) is 9.47 Å². The van der Waals surface area contributed by atoms with E-state index in [2.05, 4.69) is 25.5 Å². The summed E-state index contributed by atoms with van der Waals surface area (Å²) in [5.41, 5.74) is -3.12. The van der Waals surface area contributed by atoms with Crippen molar-refractivity contribution in [3.8, 4) is 17.0 Å². The summed E-state index contributed by atoms with van der Waals surface area (Å²) < 4.78 is 71.8. The number of benzene rings is 2. The first-order chi connectivity index (χ1) is 16.3. The molecule has 0 amide bonds. The number of alkyl halides is 2. The molecule has 0 aliphatic carbocycles. The zero-order valence-corrected chi connectivity index (χ0v) is 18.0. The number of rotatable bonds is 8. The Labute approximate surface area is 191 Å². The van der Waals surface area contributed by atoms with Crippen LogP contribution < -0.4 is 4.74 Å². The number of nitrogens with zero attached hydrogens (tertiary/aromatic N) is 6. The molecule has 176 valence electrons. The van der Waals surface area contributed by atoms with Crippen molar-refractivity contribution in [3.63, 3.8) is 0 Å². The summed E-state index contributed by atoms with van der Waals surface area (Å²) in [5.74, 6) is -5.48. The van der Waals surface area contributed by atoms with Gasteiger partial charge in [-0.2, -0.15) is 8.78 Å². The molecule has 0 bridgehead atoms. The lowest BCUT2D eigenvalue weighted by molar-refractivity contribution is -0.223. The van der Waals surface area contributed by atoms with Crippen molar-refractivity contribution in [2.75, 3.05) is 14.2 Å². The van der Waals surface area contributed by atoms with Crippen LogP contribution in [-0.2, 0) is 22.8 Å². The van der Waals surface area contributed by atoms with E-state index in [0.717, 1.165) is 36.4 Å². The summed E-state index contributed by atoms with van der Waals surface area (Å²) in [7, 11) is 2.51. The highest BCUT2D eigenvalue weighted by atomic mass is 19.3. The SMILES string of the molecule is COc1ccc(-c2cnc(C(F)(F)C(Cn3cnnn3)(OC)c3ccc(F)cc3F)cn2)cc1. The van der Waals surface area contributed by atoms with E-state index in [0.29, 0.717) is 23.1 Å². The molecule has 12 heteroatoms. The quantitative estimate of drug-likeness (QED) is 0.360. The summed E-state index contributed by atoms with van der Waals surface area (Å²) in [6.45, 7) is -0.700. The van der Waals surface area contributed by atoms with Gasteiger partial charge in [0.05, 0.1) is 31.7 Å². The van der Waals surface area contributed by atoms with Gasteiger partial charge >= 0.3 is 5.92 Å². The third-order valence-corrected chi connectivity index (χ3v) is 5.36. The van der Waals surface area contributed by atoms with Gasteiger partial charge in [-0.25, -0.2) is 13.5 Å². The van der Waals surface area contributed by atoms with Crippen LogP contribution in [0.2, 0.25) is 0 Å². The molecule has 4 aromatic rings. The number of methoxy groups -OCH3 is 2. The van der Waals surface area contributed by atoms with Crippen molar-refractivity contribution in [1.29, 1.82) is 0 Å². The van der Waals surface area contributed by atoms with E-state index in [-0.39, 0.29) is 0 Å². The number of tetrazole rings is 1. The topological polar surface area (TPSA) is 87.8 Å². The van der Waals surface area contributed by atoms with E-state index in [1.807, 2.05) is 0 Å². The lowest BCUT2D eigenvalue weighted by Gasteiger charge is -2.38. The molecule has 0 spiro atoms. The summed E-state index contributed by atoms with van der Waals surface area (Å²) >= 11 is 0. The van der Waals surface area contributed by atoms with Gasteiger partial charge in [-0.15, -0.1) is 5.10 Å². The van der Waals surface area contributed by atoms with Crippen LogP contribution in [0.4, 0.5) is 17.6 Å². The summed E-state index contributed by atoms with van der Waals surface area (Å²) in [6.07, 6.45) is 3.13. The summed E-state index contributed by atoms with van der Waals surface area (Å²) in [6, 6.07) is 9.04. The second kappa shape index (κ2) is 9.14. The second-order valence-corrected chi connectivity index (χ2v) is 7.25. The van der Waals surface area contributed by atoms with Gasteiger partial charge in [0.25, 0.3) is 0 Å². The number of aromatic nitrogens is 6. The van der Waals surface area contributed by atoms with Crippen LogP contribution in [0.5, 0.6) is 5.75 Å². The fourth-order valence-corrected chi connectivity index (χ4v) is 3.56. The molecule has 1 atom stereocenters. The van der Waals surface area contributed by atoms with Crippen LogP contribution in [0.15, 0.2) is 61.2 Å². The first-order valence-electron chi connectivity index (χ1n) is 9.87. The molecule has 34 heavy (non-hydrogen) atoms. The Morgan fingerprint density at radius 2 is 1.74 bits per heavy atom. The highest BCUT2D eigenvalue weighted by Gasteiger charge is 2.59. The Balaban J connectivity index is 1.79. The van der Waals surface area contributed by atoms with E-state index in [1.54, 1.807) is 24.3 Å². The Hall–Kier alpha value is -3.93. The predicted molar refractivity (Wildman–Crippen MR) is 111 cm³/mol. The molecule has 2 heterocycles. The Morgan fingerprint density at radius 3 is 2.29 bits per heavy atom. The first-order valence-corrected chi connectivity index (χ1v) is 9.87. The number of halogens is 4. The molecule has 0 N–H and O–H groups in total. The maximum absolute atomic E-state index is 16.1. The zero-order valence-electron chi connectivity index (χ0n) is 18.0. The highest BCUT2D eigenvalue weighted by Crippen LogP contribution is 2.49. The number of hydrogen-bond acceptors (Lipinski definition) is 7. The minimum Gasteiger partial charge on any atom is -0.497 e. The van der Waals surface area contributed by atoms with Gasteiger partial charge in [-0.05, 0) is 46.8 Å². The van der Waals surface area contributed by atoms with Gasteiger partial charge in [0.2, 0.25) is 0 Å². The molecule has 1 unspecified atom stereocenters. The Bertz CT molecular complexity index is 1250. The third kappa shape index (κ3) is 4.07. The highest BCUT2D eigenvalue weighted by molar-refractivity contribution is 5.59. The Morgan fingerprint density at radius 1 is 0.971 bits per heavy atom. The molecule has 0 radical (unpaired) electrons. The number of hydrogen-bond donors (Lipinski definition) is 0. The summed E-state index contributed by atoms with van der Waals surface area (Å²) in [4.78, 5) is 8.01. The molecule has 2 aromatic heterocycles. The Kier molecular flexibility index (Phi) is 6.24. The fraction of sp³-hybridized carbons (Fsp3) is 0.227. The van der Waals surface area contributed by atoms with Crippen molar-refractivity contribution in [2.24, 2.45) is 0 Å². The van der Waals surface area contributed by atoms with Crippen LogP contribution in [0.1, 0.15) is 11.3 Å². The number of ether oxygens (including phenoxy) is 2. The average Bonchev–Trinajstić information content (AvgIpc) is 3.36. The van der Waals surface area contributed by atoms with Gasteiger partial charge in [-0.1, -0.05) is 0 Å². The van der Waals surface area contributed by atoms with E-state index < -0.39 is 41.0 Å². The van der Waals surface area contributed by atoms with Gasteiger partial charge in [0.1, 0.15) is 29.4 Å². The lowest BCUT2D eigenvalue weighted by Crippen LogP contribution is -2.49. The third-order valence-electron chi connectivity index (χ3n) is 5.36. The fourth-order valence-electron chi connectivity index (χ4n) is 3.56. The van der Waals surface area contributed by atoms with Crippen molar-refractivity contribution in [3.05, 3.63) is 84.1 Å². The van der Waals surface area contributed by atoms with E-state index >= 15 is 8.78 Å². The smallest absolute Gasteiger partial charge is 0.325 e. The van der Waals surface area contributed by atoms with Gasteiger partial charge in [-0.3, -0.25) is 9.97 Å². The van der Waals surface area contributed by atoms with Crippen molar-refractivity contribution >= 4 is 0 Å². The maximum Gasteiger partial charge on any atom is 0.325 e. The van der Waals surface area contributed by atoms with Crippen molar-refractivity contribution in [2.45, 2.75) is 18.1 Å². The zero-order chi connectivity index (χ0) is 24.3. The summed E-state index contributed by atoms with van der Waals surface area (Å²) in [5, 5.41) is 10.4. The molecular weight excluding hydrogens is 456 g/mol. The first kappa shape index (κ1) is 23.2. The lowest BCUT2D eigenvalue weighted by atomic mass is 9.84. The van der Waals surface area contributed by atoms with E-state index in [9.17, 15) is 8.78 Å². The molecule has 4 rings (SSSR count). The standard InChI is InChI=1S/C22H18F4N6O2/c1-33-16-6-3-14(4-7-16)19-10-28-20(11-27-19)22(25,26)21(34-2,12-32-13-29-30-31-32)17-8-5-15(23)9-18(17)24/h3-11,13H,12H2,1-2H3. The van der Waals surface area contributed by atoms with Crippen molar-refractivity contribution in [1.82, 2.24) is 30.2 Å². The monoisotopic (exact) mass is 474 g/mol. The molecule has 0 saturated carbocycles. The molecule has 0 fully saturated rings. The molecule has 0 aliphatic heterocycles. The average molecular weight is 474 g/mol. The van der Waals surface area contributed by atoms with Gasteiger partial charge in [0.15, 0.2) is 5.60 Å². The van der Waals surface area contributed by atoms with Crippen LogP contribution >= 0.6 is 0 Å². The van der Waals surface area contributed by atoms with Crippen molar-refractivity contribution < 1.29 is 27.0 Å². The van der Waals surface area contributed by atoms with Gasteiger partial charge in [0, 0.05) is 24.3 Å². The van der Waals surface area contributed by atoms with Crippen LogP contribution in [-0.4, -0.2) is 44.4 Å². The minimum absolute atomic E-state index is 0.332. The van der Waals surface area contributed by atoms with Crippen LogP contribution in [0.3, 0.4) is 0 Å². The minimum atomic E-state index is -3.95. The molecule has 0 aliphatic rings.